The van der Waals surface area contributed by atoms with Gasteiger partial charge in [-0.05, 0) is 38.3 Å². The predicted molar refractivity (Wildman–Crippen MR) is 59.2 cm³/mol. The molecular weight excluding hydrogens is 174 g/mol. The molecule has 1 rings (SSSR count). The van der Waals surface area contributed by atoms with Crippen molar-refractivity contribution in [1.29, 1.82) is 0 Å². The molecule has 0 bridgehead atoms. The fraction of sp³-hybridized carbons (Fsp3) is 0.500. The zero-order chi connectivity index (χ0) is 10.8. The molecule has 0 unspecified atom stereocenters. The van der Waals surface area contributed by atoms with Crippen LogP contribution in [-0.2, 0) is 5.54 Å². The van der Waals surface area contributed by atoms with E-state index in [1.807, 2.05) is 6.92 Å². The van der Waals surface area contributed by atoms with Gasteiger partial charge in [0.05, 0.1) is 0 Å². The van der Waals surface area contributed by atoms with E-state index in [9.17, 15) is 0 Å². The standard InChI is InChI=1S/C12H19NO/c1-9-4-5-10(2)11(8-9)12(3,13)6-7-14/h4-5,8,14H,6-7,13H2,1-3H3/t12-/m1/s1. The molecule has 0 aliphatic rings. The lowest BCUT2D eigenvalue weighted by molar-refractivity contribution is 0.247. The molecule has 78 valence electrons. The van der Waals surface area contributed by atoms with Gasteiger partial charge in [0.25, 0.3) is 0 Å². The van der Waals surface area contributed by atoms with Crippen molar-refractivity contribution < 1.29 is 5.11 Å². The van der Waals surface area contributed by atoms with Gasteiger partial charge in [-0.25, -0.2) is 0 Å². The molecule has 0 radical (unpaired) electrons. The van der Waals surface area contributed by atoms with Gasteiger partial charge in [-0.3, -0.25) is 0 Å². The van der Waals surface area contributed by atoms with Gasteiger partial charge < -0.3 is 10.8 Å². The molecule has 14 heavy (non-hydrogen) atoms. The summed E-state index contributed by atoms with van der Waals surface area (Å²) in [6.45, 7) is 6.20. The van der Waals surface area contributed by atoms with Crippen molar-refractivity contribution in [3.8, 4) is 0 Å². The first kappa shape index (κ1) is 11.2. The Labute approximate surface area is 85.8 Å². The highest BCUT2D eigenvalue weighted by Crippen LogP contribution is 2.25. The largest absolute Gasteiger partial charge is 0.396 e. The van der Waals surface area contributed by atoms with Crippen LogP contribution in [0.2, 0.25) is 0 Å². The molecule has 0 heterocycles. The molecule has 1 aromatic carbocycles. The number of rotatable bonds is 3. The van der Waals surface area contributed by atoms with E-state index in [0.29, 0.717) is 6.42 Å². The van der Waals surface area contributed by atoms with E-state index >= 15 is 0 Å². The van der Waals surface area contributed by atoms with Crippen molar-refractivity contribution in [3.05, 3.63) is 34.9 Å². The molecule has 0 aliphatic heterocycles. The maximum atomic E-state index is 8.94. The smallest absolute Gasteiger partial charge is 0.0451 e. The number of hydrogen-bond donors (Lipinski definition) is 2. The van der Waals surface area contributed by atoms with Crippen molar-refractivity contribution in [3.63, 3.8) is 0 Å². The van der Waals surface area contributed by atoms with Crippen LogP contribution in [0.5, 0.6) is 0 Å². The van der Waals surface area contributed by atoms with Crippen LogP contribution < -0.4 is 5.73 Å². The zero-order valence-electron chi connectivity index (χ0n) is 9.17. The molecule has 1 atom stereocenters. The van der Waals surface area contributed by atoms with Crippen molar-refractivity contribution >= 4 is 0 Å². The average molecular weight is 193 g/mol. The topological polar surface area (TPSA) is 46.2 Å². The summed E-state index contributed by atoms with van der Waals surface area (Å²) in [5.74, 6) is 0. The predicted octanol–water partition coefficient (Wildman–Crippen LogP) is 1.86. The summed E-state index contributed by atoms with van der Waals surface area (Å²) in [5.41, 5.74) is 9.26. The molecule has 1 aromatic rings. The first-order valence-electron chi connectivity index (χ1n) is 4.95. The lowest BCUT2D eigenvalue weighted by atomic mass is 9.86. The Balaban J connectivity index is 3.10. The number of benzene rings is 1. The molecule has 0 fully saturated rings. The fourth-order valence-electron chi connectivity index (χ4n) is 1.72. The summed E-state index contributed by atoms with van der Waals surface area (Å²) in [7, 11) is 0. The number of aliphatic hydroxyl groups is 1. The second-order valence-electron chi connectivity index (χ2n) is 4.21. The Morgan fingerprint density at radius 1 is 1.36 bits per heavy atom. The highest BCUT2D eigenvalue weighted by atomic mass is 16.3. The summed E-state index contributed by atoms with van der Waals surface area (Å²) >= 11 is 0. The number of nitrogens with two attached hydrogens (primary N) is 1. The maximum absolute atomic E-state index is 8.94. The van der Waals surface area contributed by atoms with E-state index in [4.69, 9.17) is 10.8 Å². The SMILES string of the molecule is Cc1ccc(C)c([C@](C)(N)CCO)c1. The Morgan fingerprint density at radius 2 is 2.00 bits per heavy atom. The van der Waals surface area contributed by atoms with E-state index in [-0.39, 0.29) is 6.61 Å². The fourth-order valence-corrected chi connectivity index (χ4v) is 1.72. The van der Waals surface area contributed by atoms with E-state index in [1.165, 1.54) is 11.1 Å². The maximum Gasteiger partial charge on any atom is 0.0451 e. The lowest BCUT2D eigenvalue weighted by Crippen LogP contribution is -2.34. The van der Waals surface area contributed by atoms with Crippen LogP contribution in [0.4, 0.5) is 0 Å². The Morgan fingerprint density at radius 3 is 2.57 bits per heavy atom. The third-order valence-corrected chi connectivity index (χ3v) is 2.64. The Bertz CT molecular complexity index is 318. The van der Waals surface area contributed by atoms with Crippen LogP contribution in [0.15, 0.2) is 18.2 Å². The van der Waals surface area contributed by atoms with E-state index in [2.05, 4.69) is 32.0 Å². The Kier molecular flexibility index (Phi) is 3.29. The van der Waals surface area contributed by atoms with Gasteiger partial charge in [0, 0.05) is 12.1 Å². The monoisotopic (exact) mass is 193 g/mol. The average Bonchev–Trinajstić information content (AvgIpc) is 2.09. The first-order chi connectivity index (χ1) is 6.47. The van der Waals surface area contributed by atoms with Gasteiger partial charge in [0.1, 0.15) is 0 Å². The quantitative estimate of drug-likeness (QED) is 0.769. The number of aliphatic hydroxyl groups excluding tert-OH is 1. The summed E-state index contributed by atoms with van der Waals surface area (Å²) < 4.78 is 0. The molecule has 2 nitrogen and oxygen atoms in total. The third kappa shape index (κ3) is 2.34. The molecule has 2 heteroatoms. The molecule has 0 saturated carbocycles. The summed E-state index contributed by atoms with van der Waals surface area (Å²) in [4.78, 5) is 0. The van der Waals surface area contributed by atoms with Gasteiger partial charge in [0.15, 0.2) is 0 Å². The minimum absolute atomic E-state index is 0.125. The summed E-state index contributed by atoms with van der Waals surface area (Å²) in [5, 5.41) is 8.94. The molecule has 3 N–H and O–H groups in total. The molecule has 0 amide bonds. The van der Waals surface area contributed by atoms with Crippen LogP contribution in [0.25, 0.3) is 0 Å². The van der Waals surface area contributed by atoms with E-state index in [1.54, 1.807) is 0 Å². The molecule has 0 aromatic heterocycles. The third-order valence-electron chi connectivity index (χ3n) is 2.64. The van der Waals surface area contributed by atoms with Crippen LogP contribution >= 0.6 is 0 Å². The second-order valence-corrected chi connectivity index (χ2v) is 4.21. The van der Waals surface area contributed by atoms with E-state index < -0.39 is 5.54 Å². The van der Waals surface area contributed by atoms with Crippen LogP contribution in [-0.4, -0.2) is 11.7 Å². The van der Waals surface area contributed by atoms with Gasteiger partial charge in [0.2, 0.25) is 0 Å². The molecule has 0 spiro atoms. The molecule has 0 aliphatic carbocycles. The first-order valence-corrected chi connectivity index (χ1v) is 4.95. The minimum Gasteiger partial charge on any atom is -0.396 e. The van der Waals surface area contributed by atoms with Crippen molar-refractivity contribution in [1.82, 2.24) is 0 Å². The van der Waals surface area contributed by atoms with Crippen molar-refractivity contribution in [2.24, 2.45) is 5.73 Å². The van der Waals surface area contributed by atoms with Crippen molar-refractivity contribution in [2.75, 3.05) is 6.61 Å². The van der Waals surface area contributed by atoms with Crippen LogP contribution in [0.1, 0.15) is 30.0 Å². The summed E-state index contributed by atoms with van der Waals surface area (Å²) in [6.07, 6.45) is 0.595. The Hall–Kier alpha value is -0.860. The van der Waals surface area contributed by atoms with Gasteiger partial charge in [-0.15, -0.1) is 0 Å². The molecule has 0 saturated heterocycles. The van der Waals surface area contributed by atoms with Crippen LogP contribution in [0, 0.1) is 13.8 Å². The second kappa shape index (κ2) is 4.11. The minimum atomic E-state index is -0.426. The summed E-state index contributed by atoms with van der Waals surface area (Å²) in [6, 6.07) is 6.26. The number of hydrogen-bond acceptors (Lipinski definition) is 2. The molecular formula is C12H19NO. The van der Waals surface area contributed by atoms with Crippen LogP contribution in [0.3, 0.4) is 0 Å². The lowest BCUT2D eigenvalue weighted by Gasteiger charge is -2.26. The zero-order valence-corrected chi connectivity index (χ0v) is 9.17. The van der Waals surface area contributed by atoms with Crippen molar-refractivity contribution in [2.45, 2.75) is 32.7 Å². The van der Waals surface area contributed by atoms with Gasteiger partial charge in [-0.2, -0.15) is 0 Å². The number of aryl methyl sites for hydroxylation is 2. The van der Waals surface area contributed by atoms with E-state index in [0.717, 1.165) is 5.56 Å². The van der Waals surface area contributed by atoms with Gasteiger partial charge in [-0.1, -0.05) is 23.8 Å². The normalized spacial score (nSPS) is 15.2. The highest BCUT2D eigenvalue weighted by molar-refractivity contribution is 5.35. The van der Waals surface area contributed by atoms with Gasteiger partial charge >= 0.3 is 0 Å². The highest BCUT2D eigenvalue weighted by Gasteiger charge is 2.22.